The predicted molar refractivity (Wildman–Crippen MR) is 104 cm³/mol. The highest BCUT2D eigenvalue weighted by Crippen LogP contribution is 2.09. The predicted octanol–water partition coefficient (Wildman–Crippen LogP) is 3.31. The average molecular weight is 389 g/mol. The van der Waals surface area contributed by atoms with Crippen LogP contribution in [0.1, 0.15) is 39.7 Å². The van der Waals surface area contributed by atoms with Crippen LogP contribution in [0.2, 0.25) is 0 Å². The van der Waals surface area contributed by atoms with Crippen LogP contribution < -0.4 is 10.6 Å². The summed E-state index contributed by atoms with van der Waals surface area (Å²) >= 11 is 0. The first-order chi connectivity index (χ1) is 13.2. The number of rotatable bonds is 9. The maximum Gasteiger partial charge on any atom is 0.408 e. The highest BCUT2D eigenvalue weighted by atomic mass is 16.5. The van der Waals surface area contributed by atoms with Crippen molar-refractivity contribution < 1.29 is 19.1 Å². The number of carbonyl (C=O) groups excluding carboxylic acids is 3. The van der Waals surface area contributed by atoms with Gasteiger partial charge >= 0.3 is 6.09 Å². The van der Waals surface area contributed by atoms with Gasteiger partial charge in [0.1, 0.15) is 12.6 Å². The van der Waals surface area contributed by atoms with Gasteiger partial charge in [0.15, 0.2) is 0 Å². The molecule has 0 aliphatic rings. The molecule has 0 saturated heterocycles. The molecule has 0 aromatic heterocycles. The third-order valence-corrected chi connectivity index (χ3v) is 3.90. The Morgan fingerprint density at radius 2 is 1.75 bits per heavy atom. The Bertz CT molecular complexity index is 714. The highest BCUT2D eigenvalue weighted by molar-refractivity contribution is 5.91. The van der Waals surface area contributed by atoms with E-state index in [1.54, 1.807) is 13.8 Å². The van der Waals surface area contributed by atoms with Crippen LogP contribution in [0.5, 0.6) is 0 Å². The third-order valence-electron chi connectivity index (χ3n) is 3.90. The SMILES string of the molecule is CC(C)C[C@H](NC(=O)OCc1ccccc1)C(=O)N[C@H](C(=O)N=[N+]=[N-])C(C)C. The summed E-state index contributed by atoms with van der Waals surface area (Å²) in [5, 5.41) is 8.17. The minimum Gasteiger partial charge on any atom is -0.445 e. The molecular weight excluding hydrogens is 362 g/mol. The second-order valence-corrected chi connectivity index (χ2v) is 7.15. The maximum absolute atomic E-state index is 12.6. The Balaban J connectivity index is 2.76. The number of azide groups is 1. The van der Waals surface area contributed by atoms with Gasteiger partial charge in [0.25, 0.3) is 0 Å². The number of ether oxygens (including phenoxy) is 1. The van der Waals surface area contributed by atoms with Gasteiger partial charge in [-0.15, -0.1) is 0 Å². The molecule has 2 N–H and O–H groups in total. The number of benzene rings is 1. The van der Waals surface area contributed by atoms with Crippen LogP contribution in [0.15, 0.2) is 35.4 Å². The smallest absolute Gasteiger partial charge is 0.408 e. The Labute approximate surface area is 164 Å². The molecule has 152 valence electrons. The lowest BCUT2D eigenvalue weighted by molar-refractivity contribution is -0.129. The van der Waals surface area contributed by atoms with E-state index in [2.05, 4.69) is 20.7 Å². The fourth-order valence-corrected chi connectivity index (χ4v) is 2.48. The van der Waals surface area contributed by atoms with E-state index < -0.39 is 30.0 Å². The lowest BCUT2D eigenvalue weighted by Gasteiger charge is -2.24. The summed E-state index contributed by atoms with van der Waals surface area (Å²) in [5.41, 5.74) is 9.27. The van der Waals surface area contributed by atoms with Crippen molar-refractivity contribution in [1.82, 2.24) is 10.6 Å². The first kappa shape index (κ1) is 23.0. The standard InChI is InChI=1S/C19H27N5O4/c1-12(2)10-15(17(25)22-16(13(3)4)18(26)23-24-20)21-19(27)28-11-14-8-6-5-7-9-14/h5-9,12-13,15-16H,10-11H2,1-4H3,(H,21,27)(H,22,25)/t15-,16-/m0/s1. The zero-order chi connectivity index (χ0) is 21.1. The van der Waals surface area contributed by atoms with Gasteiger partial charge in [-0.05, 0) is 34.5 Å². The highest BCUT2D eigenvalue weighted by Gasteiger charge is 2.29. The van der Waals surface area contributed by atoms with Crippen molar-refractivity contribution in [2.75, 3.05) is 0 Å². The van der Waals surface area contributed by atoms with Gasteiger partial charge in [-0.2, -0.15) is 0 Å². The van der Waals surface area contributed by atoms with E-state index in [1.807, 2.05) is 44.2 Å². The summed E-state index contributed by atoms with van der Waals surface area (Å²) in [6, 6.07) is 7.30. The Morgan fingerprint density at radius 3 is 2.29 bits per heavy atom. The van der Waals surface area contributed by atoms with E-state index in [0.29, 0.717) is 6.42 Å². The van der Waals surface area contributed by atoms with Gasteiger partial charge in [-0.1, -0.05) is 58.0 Å². The fraction of sp³-hybridized carbons (Fsp3) is 0.526. The molecule has 28 heavy (non-hydrogen) atoms. The van der Waals surface area contributed by atoms with E-state index in [0.717, 1.165) is 5.56 Å². The molecule has 0 spiro atoms. The van der Waals surface area contributed by atoms with Gasteiger partial charge in [0, 0.05) is 4.91 Å². The minimum atomic E-state index is -0.972. The number of carbonyl (C=O) groups is 3. The van der Waals surface area contributed by atoms with Crippen molar-refractivity contribution in [2.24, 2.45) is 17.0 Å². The number of hydrogen-bond donors (Lipinski definition) is 2. The zero-order valence-corrected chi connectivity index (χ0v) is 16.6. The molecule has 0 fully saturated rings. The molecule has 0 unspecified atom stereocenters. The summed E-state index contributed by atoms with van der Waals surface area (Å²) in [4.78, 5) is 39.1. The monoisotopic (exact) mass is 389 g/mol. The molecule has 2 atom stereocenters. The lowest BCUT2D eigenvalue weighted by atomic mass is 10.0. The summed E-state index contributed by atoms with van der Waals surface area (Å²) in [5.74, 6) is -1.49. The second kappa shape index (κ2) is 11.6. The van der Waals surface area contributed by atoms with Gasteiger partial charge in [-0.3, -0.25) is 9.59 Å². The number of hydrogen-bond acceptors (Lipinski definition) is 4. The van der Waals surface area contributed by atoms with Crippen molar-refractivity contribution in [3.63, 3.8) is 0 Å². The molecular formula is C19H27N5O4. The van der Waals surface area contributed by atoms with Crippen molar-refractivity contribution in [3.8, 4) is 0 Å². The number of amides is 3. The van der Waals surface area contributed by atoms with E-state index in [-0.39, 0.29) is 18.4 Å². The molecule has 1 rings (SSSR count). The molecule has 0 radical (unpaired) electrons. The molecule has 9 nitrogen and oxygen atoms in total. The molecule has 9 heteroatoms. The normalized spacial score (nSPS) is 12.6. The second-order valence-electron chi connectivity index (χ2n) is 7.15. The number of nitrogens with one attached hydrogen (secondary N) is 2. The fourth-order valence-electron chi connectivity index (χ4n) is 2.48. The lowest BCUT2D eigenvalue weighted by Crippen LogP contribution is -2.53. The van der Waals surface area contributed by atoms with E-state index in [4.69, 9.17) is 10.3 Å². The largest absolute Gasteiger partial charge is 0.445 e. The van der Waals surface area contributed by atoms with Crippen LogP contribution in [0.3, 0.4) is 0 Å². The summed E-state index contributed by atoms with van der Waals surface area (Å²) in [7, 11) is 0. The minimum absolute atomic E-state index is 0.0761. The first-order valence-electron chi connectivity index (χ1n) is 9.11. The Morgan fingerprint density at radius 1 is 1.11 bits per heavy atom. The molecule has 1 aromatic carbocycles. The van der Waals surface area contributed by atoms with Crippen LogP contribution >= 0.6 is 0 Å². The number of nitrogens with zero attached hydrogens (tertiary/aromatic N) is 3. The molecule has 0 aliphatic carbocycles. The van der Waals surface area contributed by atoms with Gasteiger partial charge in [0.2, 0.25) is 11.8 Å². The van der Waals surface area contributed by atoms with Crippen LogP contribution in [0.25, 0.3) is 10.4 Å². The van der Waals surface area contributed by atoms with Crippen molar-refractivity contribution >= 4 is 17.9 Å². The average Bonchev–Trinajstić information content (AvgIpc) is 2.64. The molecule has 0 saturated carbocycles. The van der Waals surface area contributed by atoms with Crippen LogP contribution in [0, 0.1) is 11.8 Å². The van der Waals surface area contributed by atoms with Crippen molar-refractivity contribution in [2.45, 2.75) is 52.8 Å². The molecule has 0 heterocycles. The van der Waals surface area contributed by atoms with E-state index in [1.165, 1.54) is 0 Å². The molecule has 0 bridgehead atoms. The van der Waals surface area contributed by atoms with Crippen LogP contribution in [-0.4, -0.2) is 30.0 Å². The number of alkyl carbamates (subject to hydrolysis) is 1. The van der Waals surface area contributed by atoms with Gasteiger partial charge < -0.3 is 15.4 Å². The Hall–Kier alpha value is -3.06. The summed E-state index contributed by atoms with van der Waals surface area (Å²) in [6.45, 7) is 7.32. The first-order valence-corrected chi connectivity index (χ1v) is 9.11. The van der Waals surface area contributed by atoms with Crippen LogP contribution in [-0.2, 0) is 20.9 Å². The van der Waals surface area contributed by atoms with Crippen LogP contribution in [0.4, 0.5) is 4.79 Å². The third kappa shape index (κ3) is 8.09. The summed E-state index contributed by atoms with van der Waals surface area (Å²) < 4.78 is 5.17. The topological polar surface area (TPSA) is 133 Å². The molecule has 3 amide bonds. The van der Waals surface area contributed by atoms with Gasteiger partial charge in [0.05, 0.1) is 6.04 Å². The summed E-state index contributed by atoms with van der Waals surface area (Å²) in [6.07, 6.45) is -0.376. The zero-order valence-electron chi connectivity index (χ0n) is 16.6. The maximum atomic E-state index is 12.6. The van der Waals surface area contributed by atoms with Crippen molar-refractivity contribution in [3.05, 3.63) is 46.3 Å². The Kier molecular flexibility index (Phi) is 9.53. The van der Waals surface area contributed by atoms with Crippen molar-refractivity contribution in [1.29, 1.82) is 0 Å². The van der Waals surface area contributed by atoms with E-state index >= 15 is 0 Å². The molecule has 0 aliphatic heterocycles. The quantitative estimate of drug-likeness (QED) is 0.381. The van der Waals surface area contributed by atoms with E-state index in [9.17, 15) is 14.4 Å². The molecule has 1 aromatic rings. The van der Waals surface area contributed by atoms with Gasteiger partial charge in [-0.25, -0.2) is 4.79 Å².